The molecule has 18 heavy (non-hydrogen) atoms. The summed E-state index contributed by atoms with van der Waals surface area (Å²) in [6, 6.07) is 0.230. The molecule has 0 saturated heterocycles. The third kappa shape index (κ3) is 3.32. The van der Waals surface area contributed by atoms with Crippen molar-refractivity contribution in [1.82, 2.24) is 9.78 Å². The molecule has 5 nitrogen and oxygen atoms in total. The zero-order chi connectivity index (χ0) is 13.7. The van der Waals surface area contributed by atoms with Crippen molar-refractivity contribution in [2.24, 2.45) is 5.92 Å². The van der Waals surface area contributed by atoms with Crippen LogP contribution >= 0.6 is 0 Å². The van der Waals surface area contributed by atoms with Gasteiger partial charge in [-0.15, -0.1) is 0 Å². The zero-order valence-corrected chi connectivity index (χ0v) is 11.5. The molecule has 1 aromatic heterocycles. The van der Waals surface area contributed by atoms with Crippen molar-refractivity contribution < 1.29 is 14.6 Å². The van der Waals surface area contributed by atoms with Crippen molar-refractivity contribution in [2.45, 2.75) is 46.3 Å². The first kappa shape index (κ1) is 14.7. The number of aliphatic hydroxyl groups is 1. The van der Waals surface area contributed by atoms with Crippen LogP contribution in [0.1, 0.15) is 51.8 Å². The lowest BCUT2D eigenvalue weighted by Crippen LogP contribution is -2.23. The minimum absolute atomic E-state index is 0.230. The number of ether oxygens (including phenoxy) is 1. The third-order valence-electron chi connectivity index (χ3n) is 2.90. The predicted octanol–water partition coefficient (Wildman–Crippen LogP) is 2.09. The Morgan fingerprint density at radius 1 is 1.50 bits per heavy atom. The fourth-order valence-electron chi connectivity index (χ4n) is 1.79. The summed E-state index contributed by atoms with van der Waals surface area (Å²) in [5.41, 5.74) is 0.656. The van der Waals surface area contributed by atoms with E-state index in [1.165, 1.54) is 0 Å². The Morgan fingerprint density at radius 2 is 2.17 bits per heavy atom. The summed E-state index contributed by atoms with van der Waals surface area (Å²) >= 11 is 0. The second-order valence-electron chi connectivity index (χ2n) is 4.56. The van der Waals surface area contributed by atoms with Crippen LogP contribution in [-0.4, -0.2) is 27.5 Å². The molecule has 0 aliphatic carbocycles. The minimum atomic E-state index is -0.860. The average molecular weight is 254 g/mol. The van der Waals surface area contributed by atoms with Gasteiger partial charge in [0.1, 0.15) is 0 Å². The smallest absolute Gasteiger partial charge is 0.311 e. The summed E-state index contributed by atoms with van der Waals surface area (Å²) in [5, 5.41) is 14.4. The summed E-state index contributed by atoms with van der Waals surface area (Å²) in [6.45, 7) is 7.95. The number of aromatic nitrogens is 2. The topological polar surface area (TPSA) is 64.3 Å². The number of hydrogen-bond acceptors (Lipinski definition) is 4. The Kier molecular flexibility index (Phi) is 5.34. The van der Waals surface area contributed by atoms with Crippen LogP contribution in [0.2, 0.25) is 0 Å². The van der Waals surface area contributed by atoms with E-state index in [-0.39, 0.29) is 12.0 Å². The Bertz CT molecular complexity index is 387. The van der Waals surface area contributed by atoms with Crippen LogP contribution in [0.5, 0.6) is 0 Å². The lowest BCUT2D eigenvalue weighted by Gasteiger charge is -2.18. The summed E-state index contributed by atoms with van der Waals surface area (Å²) in [6.07, 6.45) is 3.05. The van der Waals surface area contributed by atoms with Crippen molar-refractivity contribution >= 4 is 5.97 Å². The van der Waals surface area contributed by atoms with Crippen LogP contribution in [0.25, 0.3) is 0 Å². The van der Waals surface area contributed by atoms with E-state index in [1.54, 1.807) is 24.0 Å². The maximum absolute atomic E-state index is 11.7. The lowest BCUT2D eigenvalue weighted by atomic mass is 9.95. The molecule has 0 bridgehead atoms. The Labute approximate surface area is 108 Å². The molecule has 0 aliphatic rings. The second kappa shape index (κ2) is 6.54. The third-order valence-corrected chi connectivity index (χ3v) is 2.90. The van der Waals surface area contributed by atoms with Crippen molar-refractivity contribution in [3.63, 3.8) is 0 Å². The van der Waals surface area contributed by atoms with Gasteiger partial charge in [0, 0.05) is 17.8 Å². The van der Waals surface area contributed by atoms with Gasteiger partial charge in [-0.3, -0.25) is 9.48 Å². The van der Waals surface area contributed by atoms with Crippen LogP contribution < -0.4 is 0 Å². The first-order chi connectivity index (χ1) is 8.51. The Morgan fingerprint density at radius 3 is 2.61 bits per heavy atom. The van der Waals surface area contributed by atoms with Gasteiger partial charge < -0.3 is 9.84 Å². The first-order valence-electron chi connectivity index (χ1n) is 6.39. The molecule has 0 spiro atoms. The van der Waals surface area contributed by atoms with Crippen molar-refractivity contribution in [2.75, 3.05) is 6.61 Å². The second-order valence-corrected chi connectivity index (χ2v) is 4.56. The van der Waals surface area contributed by atoms with E-state index < -0.39 is 12.0 Å². The molecule has 0 amide bonds. The molecule has 1 N–H and O–H groups in total. The largest absolute Gasteiger partial charge is 0.466 e. The molecule has 1 aromatic rings. The quantitative estimate of drug-likeness (QED) is 0.789. The van der Waals surface area contributed by atoms with Crippen molar-refractivity contribution in [3.05, 3.63) is 18.0 Å². The molecule has 1 heterocycles. The molecule has 102 valence electrons. The molecule has 0 saturated carbocycles. The summed E-state index contributed by atoms with van der Waals surface area (Å²) in [4.78, 5) is 11.7. The summed E-state index contributed by atoms with van der Waals surface area (Å²) in [5.74, 6) is -0.889. The van der Waals surface area contributed by atoms with Crippen LogP contribution in [0.15, 0.2) is 12.4 Å². The summed E-state index contributed by atoms with van der Waals surface area (Å²) in [7, 11) is 0. The molecule has 2 atom stereocenters. The van der Waals surface area contributed by atoms with E-state index in [0.29, 0.717) is 18.6 Å². The fourth-order valence-corrected chi connectivity index (χ4v) is 1.79. The van der Waals surface area contributed by atoms with Crippen LogP contribution in [-0.2, 0) is 9.53 Å². The van der Waals surface area contributed by atoms with Gasteiger partial charge in [-0.25, -0.2) is 0 Å². The number of rotatable bonds is 6. The van der Waals surface area contributed by atoms with Gasteiger partial charge in [0.15, 0.2) is 0 Å². The minimum Gasteiger partial charge on any atom is -0.466 e. The number of carbonyl (C=O) groups excluding carboxylic acids is 1. The maximum Gasteiger partial charge on any atom is 0.311 e. The van der Waals surface area contributed by atoms with Crippen molar-refractivity contribution in [1.29, 1.82) is 0 Å². The number of nitrogens with zero attached hydrogens (tertiary/aromatic N) is 2. The monoisotopic (exact) mass is 254 g/mol. The lowest BCUT2D eigenvalue weighted by molar-refractivity contribution is -0.152. The first-order valence-corrected chi connectivity index (χ1v) is 6.39. The number of carbonyl (C=O) groups is 1. The van der Waals surface area contributed by atoms with Gasteiger partial charge in [-0.1, -0.05) is 6.92 Å². The van der Waals surface area contributed by atoms with E-state index in [0.717, 1.165) is 0 Å². The van der Waals surface area contributed by atoms with Crippen LogP contribution in [0.3, 0.4) is 0 Å². The van der Waals surface area contributed by atoms with Gasteiger partial charge in [0.25, 0.3) is 0 Å². The van der Waals surface area contributed by atoms with Gasteiger partial charge in [0.05, 0.1) is 24.8 Å². The molecule has 0 aromatic carbocycles. The molecule has 0 radical (unpaired) electrons. The molecule has 2 unspecified atom stereocenters. The molecule has 0 fully saturated rings. The Hall–Kier alpha value is -1.36. The molecule has 5 heteroatoms. The highest BCUT2D eigenvalue weighted by Crippen LogP contribution is 2.26. The van der Waals surface area contributed by atoms with E-state index in [4.69, 9.17) is 4.74 Å². The van der Waals surface area contributed by atoms with Gasteiger partial charge in [-0.2, -0.15) is 5.10 Å². The fraction of sp³-hybridized carbons (Fsp3) is 0.692. The predicted molar refractivity (Wildman–Crippen MR) is 68.0 cm³/mol. The molecule has 1 rings (SSSR count). The van der Waals surface area contributed by atoms with Crippen molar-refractivity contribution in [3.8, 4) is 0 Å². The Balaban J connectivity index is 2.82. The van der Waals surface area contributed by atoms with Crippen LogP contribution in [0, 0.1) is 5.92 Å². The van der Waals surface area contributed by atoms with Gasteiger partial charge >= 0.3 is 5.97 Å². The van der Waals surface area contributed by atoms with E-state index in [1.807, 2.05) is 20.8 Å². The van der Waals surface area contributed by atoms with Gasteiger partial charge in [-0.05, 0) is 27.2 Å². The van der Waals surface area contributed by atoms with E-state index in [2.05, 4.69) is 5.10 Å². The average Bonchev–Trinajstić information content (AvgIpc) is 2.79. The van der Waals surface area contributed by atoms with E-state index >= 15 is 0 Å². The molecular weight excluding hydrogens is 232 g/mol. The number of hydrogen-bond donors (Lipinski definition) is 1. The molecule has 0 aliphatic heterocycles. The van der Waals surface area contributed by atoms with Gasteiger partial charge in [0.2, 0.25) is 0 Å². The standard InChI is InChI=1S/C13H22N2O3/c1-5-11(13(17)18-6-2)12(16)10-7-14-15(8-10)9(3)4/h7-9,11-12,16H,5-6H2,1-4H3. The van der Waals surface area contributed by atoms with Crippen LogP contribution in [0.4, 0.5) is 0 Å². The highest BCUT2D eigenvalue weighted by atomic mass is 16.5. The number of aliphatic hydroxyl groups excluding tert-OH is 1. The normalized spacial score (nSPS) is 14.6. The highest BCUT2D eigenvalue weighted by molar-refractivity contribution is 5.73. The number of esters is 1. The summed E-state index contributed by atoms with van der Waals surface area (Å²) < 4.78 is 6.73. The zero-order valence-electron chi connectivity index (χ0n) is 11.5. The maximum atomic E-state index is 11.7. The highest BCUT2D eigenvalue weighted by Gasteiger charge is 2.28. The van der Waals surface area contributed by atoms with E-state index in [9.17, 15) is 9.90 Å². The molecular formula is C13H22N2O3. The SMILES string of the molecule is CCOC(=O)C(CC)C(O)c1cnn(C(C)C)c1.